The van der Waals surface area contributed by atoms with Gasteiger partial charge in [-0.25, -0.2) is 0 Å². The van der Waals surface area contributed by atoms with Crippen LogP contribution in [0.1, 0.15) is 65.7 Å². The van der Waals surface area contributed by atoms with E-state index in [9.17, 15) is 4.80 Å². The molecule has 0 aromatic rings. The Kier molecular flexibility index (Phi) is 7.90. The minimum Gasteiger partial charge on any atom is -0.432 e. The van der Waals surface area contributed by atoms with Crippen LogP contribution in [0.3, 0.4) is 0 Å². The van der Waals surface area contributed by atoms with Crippen molar-refractivity contribution in [1.82, 2.24) is 0 Å². The number of terminal acetylenes is 1. The summed E-state index contributed by atoms with van der Waals surface area (Å²) in [5.41, 5.74) is 0. The maximum absolute atomic E-state index is 10.4. The molecular formula is C16H32OSi. The van der Waals surface area contributed by atoms with E-state index in [0.717, 1.165) is 19.3 Å². The van der Waals surface area contributed by atoms with Crippen molar-refractivity contribution in [2.24, 2.45) is 5.92 Å². The lowest BCUT2D eigenvalue weighted by Gasteiger charge is -2.38. The molecule has 0 fully saturated rings. The first-order chi connectivity index (χ1) is 8.24. The van der Waals surface area contributed by atoms with Crippen LogP contribution in [-0.4, -0.2) is 13.1 Å². The quantitative estimate of drug-likeness (QED) is 0.356. The fraction of sp³-hybridized carbons (Fsp3) is 0.875. The van der Waals surface area contributed by atoms with Gasteiger partial charge in [0.2, 0.25) is 0 Å². The van der Waals surface area contributed by atoms with Crippen molar-refractivity contribution in [2.75, 3.05) is 0 Å². The van der Waals surface area contributed by atoms with Crippen molar-refractivity contribution in [2.45, 2.75) is 83.8 Å². The second kappa shape index (κ2) is 8.02. The average Bonchev–Trinajstić information content (AvgIpc) is 2.24. The molecule has 0 rings (SSSR count). The molecule has 0 unspecified atom stereocenters. The van der Waals surface area contributed by atoms with Crippen molar-refractivity contribution in [3.8, 4) is 12.3 Å². The standard InChI is InChI=1S/C16H32OSi/c1-7-9-11-13-15(12-10-8-2)14-16(3,4)18(5,6)17/h2,15,17H,7,9-14H2,1,3-6H3/t15-/m1/s1. The van der Waals surface area contributed by atoms with E-state index < -0.39 is 8.32 Å². The Morgan fingerprint density at radius 3 is 2.28 bits per heavy atom. The molecule has 18 heavy (non-hydrogen) atoms. The van der Waals surface area contributed by atoms with E-state index in [1.807, 2.05) is 0 Å². The Bertz CT molecular complexity index is 257. The number of hydrogen-bond donors (Lipinski definition) is 1. The van der Waals surface area contributed by atoms with Crippen LogP contribution in [0, 0.1) is 18.3 Å². The van der Waals surface area contributed by atoms with Gasteiger partial charge in [0.05, 0.1) is 0 Å². The van der Waals surface area contributed by atoms with E-state index in [1.54, 1.807) is 0 Å². The summed E-state index contributed by atoms with van der Waals surface area (Å²) in [6, 6.07) is 0. The summed E-state index contributed by atoms with van der Waals surface area (Å²) in [7, 11) is -2.09. The average molecular weight is 269 g/mol. The van der Waals surface area contributed by atoms with Gasteiger partial charge in [0.15, 0.2) is 8.32 Å². The molecule has 0 aromatic carbocycles. The summed E-state index contributed by atoms with van der Waals surface area (Å²) in [6.45, 7) is 10.8. The molecule has 0 aliphatic carbocycles. The van der Waals surface area contributed by atoms with Gasteiger partial charge in [-0.15, -0.1) is 12.3 Å². The van der Waals surface area contributed by atoms with Crippen molar-refractivity contribution >= 4 is 8.32 Å². The minimum absolute atomic E-state index is 0.0818. The molecule has 1 N–H and O–H groups in total. The fourth-order valence-corrected chi connectivity index (χ4v) is 3.08. The van der Waals surface area contributed by atoms with Gasteiger partial charge in [0.1, 0.15) is 0 Å². The zero-order valence-corrected chi connectivity index (χ0v) is 14.1. The zero-order valence-electron chi connectivity index (χ0n) is 13.1. The second-order valence-electron chi connectivity index (χ2n) is 6.75. The Labute approximate surface area is 116 Å². The lowest BCUT2D eigenvalue weighted by atomic mass is 9.88. The molecule has 0 spiro atoms. The maximum Gasteiger partial charge on any atom is 0.188 e. The molecule has 106 valence electrons. The van der Waals surface area contributed by atoms with Gasteiger partial charge < -0.3 is 4.80 Å². The summed E-state index contributed by atoms with van der Waals surface area (Å²) < 4.78 is 0. The predicted octanol–water partition coefficient (Wildman–Crippen LogP) is 4.96. The van der Waals surface area contributed by atoms with Crippen molar-refractivity contribution in [1.29, 1.82) is 0 Å². The van der Waals surface area contributed by atoms with E-state index in [0.29, 0.717) is 5.92 Å². The second-order valence-corrected chi connectivity index (χ2v) is 11.2. The highest BCUT2D eigenvalue weighted by Gasteiger charge is 2.39. The van der Waals surface area contributed by atoms with E-state index >= 15 is 0 Å². The minimum atomic E-state index is -2.09. The first-order valence-corrected chi connectivity index (χ1v) is 10.3. The van der Waals surface area contributed by atoms with Crippen molar-refractivity contribution in [3.63, 3.8) is 0 Å². The first kappa shape index (κ1) is 17.7. The molecule has 0 aromatic heterocycles. The van der Waals surface area contributed by atoms with E-state index in [1.165, 1.54) is 25.7 Å². The summed E-state index contributed by atoms with van der Waals surface area (Å²) in [6.07, 6.45) is 13.7. The summed E-state index contributed by atoms with van der Waals surface area (Å²) >= 11 is 0. The van der Waals surface area contributed by atoms with Crippen LogP contribution in [-0.2, 0) is 0 Å². The van der Waals surface area contributed by atoms with Crippen LogP contribution in [0.2, 0.25) is 18.1 Å². The topological polar surface area (TPSA) is 20.2 Å². The molecular weight excluding hydrogens is 236 g/mol. The third-order valence-corrected chi connectivity index (χ3v) is 7.88. The molecule has 0 heterocycles. The monoisotopic (exact) mass is 268 g/mol. The molecule has 1 atom stereocenters. The van der Waals surface area contributed by atoms with E-state index in [2.05, 4.69) is 39.8 Å². The van der Waals surface area contributed by atoms with Gasteiger partial charge in [-0.2, -0.15) is 0 Å². The fourth-order valence-electron chi connectivity index (χ4n) is 2.29. The highest BCUT2D eigenvalue weighted by atomic mass is 28.4. The molecule has 0 aliphatic heterocycles. The number of unbranched alkanes of at least 4 members (excludes halogenated alkanes) is 2. The molecule has 0 saturated carbocycles. The third-order valence-electron chi connectivity index (χ3n) is 4.37. The molecule has 0 bridgehead atoms. The SMILES string of the molecule is C#CCC[C@H](CCCCC)CC(C)(C)[Si](C)(C)O. The van der Waals surface area contributed by atoms with Gasteiger partial charge in [0, 0.05) is 6.42 Å². The molecule has 0 amide bonds. The van der Waals surface area contributed by atoms with Crippen LogP contribution in [0.4, 0.5) is 0 Å². The van der Waals surface area contributed by atoms with Crippen LogP contribution >= 0.6 is 0 Å². The van der Waals surface area contributed by atoms with Gasteiger partial charge in [-0.3, -0.25) is 0 Å². The lowest BCUT2D eigenvalue weighted by molar-refractivity contribution is 0.336. The Morgan fingerprint density at radius 2 is 1.83 bits per heavy atom. The highest BCUT2D eigenvalue weighted by molar-refractivity contribution is 6.72. The Balaban J connectivity index is 4.43. The zero-order chi connectivity index (χ0) is 14.2. The van der Waals surface area contributed by atoms with Crippen LogP contribution in [0.5, 0.6) is 0 Å². The Morgan fingerprint density at radius 1 is 1.22 bits per heavy atom. The number of rotatable bonds is 9. The van der Waals surface area contributed by atoms with Gasteiger partial charge in [-0.05, 0) is 36.9 Å². The van der Waals surface area contributed by atoms with E-state index in [-0.39, 0.29) is 5.04 Å². The summed E-state index contributed by atoms with van der Waals surface area (Å²) in [4.78, 5) is 10.4. The maximum atomic E-state index is 10.4. The lowest BCUT2D eigenvalue weighted by Crippen LogP contribution is -2.40. The smallest absolute Gasteiger partial charge is 0.188 e. The molecule has 0 saturated heterocycles. The molecule has 0 aliphatic rings. The summed E-state index contributed by atoms with van der Waals surface area (Å²) in [5, 5.41) is 0.0818. The largest absolute Gasteiger partial charge is 0.432 e. The van der Waals surface area contributed by atoms with Crippen LogP contribution in [0.25, 0.3) is 0 Å². The first-order valence-electron chi connectivity index (χ1n) is 7.40. The molecule has 2 heteroatoms. The normalized spacial score (nSPS) is 14.3. The van der Waals surface area contributed by atoms with Crippen molar-refractivity contribution < 1.29 is 4.80 Å². The van der Waals surface area contributed by atoms with Crippen LogP contribution in [0.15, 0.2) is 0 Å². The number of hydrogen-bond acceptors (Lipinski definition) is 1. The summed E-state index contributed by atoms with van der Waals surface area (Å²) in [5.74, 6) is 3.44. The third kappa shape index (κ3) is 6.61. The van der Waals surface area contributed by atoms with E-state index in [4.69, 9.17) is 6.42 Å². The van der Waals surface area contributed by atoms with Gasteiger partial charge in [0.25, 0.3) is 0 Å². The van der Waals surface area contributed by atoms with Gasteiger partial charge >= 0.3 is 0 Å². The van der Waals surface area contributed by atoms with Gasteiger partial charge in [-0.1, -0.05) is 46.5 Å². The van der Waals surface area contributed by atoms with Crippen LogP contribution < -0.4 is 0 Å². The molecule has 0 radical (unpaired) electrons. The van der Waals surface area contributed by atoms with Crippen molar-refractivity contribution in [3.05, 3.63) is 0 Å². The molecule has 1 nitrogen and oxygen atoms in total. The highest BCUT2D eigenvalue weighted by Crippen LogP contribution is 2.43. The Hall–Kier alpha value is -0.263. The predicted molar refractivity (Wildman–Crippen MR) is 84.1 cm³/mol.